The van der Waals surface area contributed by atoms with Crippen molar-refractivity contribution in [1.29, 1.82) is 0 Å². The topological polar surface area (TPSA) is 67.8 Å². The molecule has 0 bridgehead atoms. The Bertz CT molecular complexity index is 704. The number of benzene rings is 2. The number of hydrogen-bond acceptors (Lipinski definition) is 4. The number of methoxy groups -OCH3 is 1. The molecule has 0 unspecified atom stereocenters. The number of aromatic hydroxyl groups is 1. The van der Waals surface area contributed by atoms with E-state index >= 15 is 0 Å². The van der Waals surface area contributed by atoms with Gasteiger partial charge < -0.3 is 14.6 Å². The van der Waals surface area contributed by atoms with Gasteiger partial charge in [-0.05, 0) is 56.2 Å². The van der Waals surface area contributed by atoms with E-state index in [2.05, 4.69) is 5.32 Å². The molecule has 2 rings (SSSR count). The van der Waals surface area contributed by atoms with Crippen molar-refractivity contribution < 1.29 is 19.4 Å². The van der Waals surface area contributed by atoms with E-state index in [1.807, 2.05) is 39.0 Å². The highest BCUT2D eigenvalue weighted by molar-refractivity contribution is 5.86. The minimum atomic E-state index is -0.550. The molecule has 2 aromatic rings. The van der Waals surface area contributed by atoms with E-state index in [0.717, 1.165) is 11.1 Å². The average Bonchev–Trinajstić information content (AvgIpc) is 2.46. The van der Waals surface area contributed by atoms with Gasteiger partial charge in [-0.1, -0.05) is 18.2 Å². The number of phenolic OH excluding ortho intramolecular Hbond substituents is 1. The second-order valence-corrected chi connectivity index (χ2v) is 6.09. The lowest BCUT2D eigenvalue weighted by Crippen LogP contribution is -2.27. The van der Waals surface area contributed by atoms with Crippen molar-refractivity contribution >= 4 is 11.8 Å². The number of rotatable bonds is 3. The highest BCUT2D eigenvalue weighted by atomic mass is 16.6. The van der Waals surface area contributed by atoms with Crippen LogP contribution in [0.5, 0.6) is 11.5 Å². The molecule has 0 aliphatic rings. The third-order valence-corrected chi connectivity index (χ3v) is 3.02. The van der Waals surface area contributed by atoms with E-state index < -0.39 is 11.7 Å². The van der Waals surface area contributed by atoms with Crippen molar-refractivity contribution in [3.05, 3.63) is 42.5 Å². The van der Waals surface area contributed by atoms with Crippen LogP contribution in [-0.4, -0.2) is 23.9 Å². The molecule has 2 N–H and O–H groups in total. The van der Waals surface area contributed by atoms with Gasteiger partial charge in [0.05, 0.1) is 7.11 Å². The Labute approximate surface area is 135 Å². The van der Waals surface area contributed by atoms with Crippen molar-refractivity contribution in [2.45, 2.75) is 26.4 Å². The lowest BCUT2D eigenvalue weighted by Gasteiger charge is -2.19. The number of hydrogen-bond donors (Lipinski definition) is 2. The van der Waals surface area contributed by atoms with E-state index in [1.165, 1.54) is 7.11 Å². The highest BCUT2D eigenvalue weighted by Gasteiger charge is 2.16. The lowest BCUT2D eigenvalue weighted by molar-refractivity contribution is 0.0636. The van der Waals surface area contributed by atoms with Gasteiger partial charge in [-0.25, -0.2) is 4.79 Å². The predicted molar refractivity (Wildman–Crippen MR) is 90.0 cm³/mol. The molecule has 0 aliphatic heterocycles. The number of carbonyl (C=O) groups excluding carboxylic acids is 1. The second kappa shape index (κ2) is 6.60. The fourth-order valence-electron chi connectivity index (χ4n) is 2.06. The summed E-state index contributed by atoms with van der Waals surface area (Å²) < 4.78 is 10.4. The summed E-state index contributed by atoms with van der Waals surface area (Å²) in [5.41, 5.74) is 1.83. The molecule has 0 aliphatic carbocycles. The van der Waals surface area contributed by atoms with Crippen LogP contribution in [0.15, 0.2) is 42.5 Å². The molecule has 0 atom stereocenters. The molecule has 0 saturated carbocycles. The summed E-state index contributed by atoms with van der Waals surface area (Å²) in [4.78, 5) is 11.8. The first-order chi connectivity index (χ1) is 10.8. The quantitative estimate of drug-likeness (QED) is 0.880. The van der Waals surface area contributed by atoms with Crippen LogP contribution in [0.25, 0.3) is 11.1 Å². The number of phenols is 1. The summed E-state index contributed by atoms with van der Waals surface area (Å²) >= 11 is 0. The van der Waals surface area contributed by atoms with Crippen LogP contribution in [0.2, 0.25) is 0 Å². The zero-order valence-corrected chi connectivity index (χ0v) is 13.7. The minimum absolute atomic E-state index is 0.0827. The van der Waals surface area contributed by atoms with Crippen molar-refractivity contribution in [2.75, 3.05) is 12.4 Å². The molecular formula is C18H21NO4. The summed E-state index contributed by atoms with van der Waals surface area (Å²) in [6.45, 7) is 5.43. The largest absolute Gasteiger partial charge is 0.504 e. The van der Waals surface area contributed by atoms with Crippen LogP contribution >= 0.6 is 0 Å². The van der Waals surface area contributed by atoms with Crippen LogP contribution in [0.4, 0.5) is 10.5 Å². The van der Waals surface area contributed by atoms with Gasteiger partial charge in [-0.2, -0.15) is 0 Å². The molecular weight excluding hydrogens is 294 g/mol. The summed E-state index contributed by atoms with van der Waals surface area (Å²) in [6, 6.07) is 12.4. The standard InChI is InChI=1S/C18H21NO4/c1-18(2,3)23-17(21)19-14-7-5-6-12(10-14)13-8-9-15(20)16(11-13)22-4/h5-11,20H,1-4H3,(H,19,21). The zero-order valence-electron chi connectivity index (χ0n) is 13.7. The lowest BCUT2D eigenvalue weighted by atomic mass is 10.0. The Morgan fingerprint density at radius 2 is 1.78 bits per heavy atom. The Kier molecular flexibility index (Phi) is 4.79. The number of nitrogens with one attached hydrogen (secondary N) is 1. The van der Waals surface area contributed by atoms with Gasteiger partial charge in [0.25, 0.3) is 0 Å². The van der Waals surface area contributed by atoms with E-state index in [4.69, 9.17) is 9.47 Å². The first-order valence-corrected chi connectivity index (χ1v) is 7.26. The maximum absolute atomic E-state index is 11.8. The highest BCUT2D eigenvalue weighted by Crippen LogP contribution is 2.32. The molecule has 0 heterocycles. The van der Waals surface area contributed by atoms with Crippen LogP contribution in [0.3, 0.4) is 0 Å². The van der Waals surface area contributed by atoms with Crippen molar-refractivity contribution in [1.82, 2.24) is 0 Å². The molecule has 5 nitrogen and oxygen atoms in total. The van der Waals surface area contributed by atoms with Crippen molar-refractivity contribution in [2.24, 2.45) is 0 Å². The van der Waals surface area contributed by atoms with E-state index in [-0.39, 0.29) is 5.75 Å². The van der Waals surface area contributed by atoms with Gasteiger partial charge in [0, 0.05) is 5.69 Å². The molecule has 0 spiro atoms. The third kappa shape index (κ3) is 4.64. The van der Waals surface area contributed by atoms with Gasteiger partial charge in [-0.3, -0.25) is 5.32 Å². The van der Waals surface area contributed by atoms with Gasteiger partial charge in [0.1, 0.15) is 5.60 Å². The Morgan fingerprint density at radius 3 is 2.43 bits per heavy atom. The summed E-state index contributed by atoms with van der Waals surface area (Å²) in [7, 11) is 1.50. The maximum atomic E-state index is 11.8. The van der Waals surface area contributed by atoms with Crippen LogP contribution < -0.4 is 10.1 Å². The van der Waals surface area contributed by atoms with Crippen molar-refractivity contribution in [3.63, 3.8) is 0 Å². The zero-order chi connectivity index (χ0) is 17.0. The van der Waals surface area contributed by atoms with E-state index in [9.17, 15) is 9.90 Å². The van der Waals surface area contributed by atoms with Crippen molar-refractivity contribution in [3.8, 4) is 22.6 Å². The SMILES string of the molecule is COc1cc(-c2cccc(NC(=O)OC(C)(C)C)c2)ccc1O. The Hall–Kier alpha value is -2.69. The molecule has 2 aromatic carbocycles. The summed E-state index contributed by atoms with van der Waals surface area (Å²) in [5.74, 6) is 0.479. The van der Waals surface area contributed by atoms with E-state index in [1.54, 1.807) is 24.3 Å². The van der Waals surface area contributed by atoms with Gasteiger partial charge >= 0.3 is 6.09 Å². The van der Waals surface area contributed by atoms with E-state index in [0.29, 0.717) is 11.4 Å². The number of ether oxygens (including phenoxy) is 2. The molecule has 5 heteroatoms. The van der Waals surface area contributed by atoms with Gasteiger partial charge in [-0.15, -0.1) is 0 Å². The smallest absolute Gasteiger partial charge is 0.412 e. The van der Waals surface area contributed by atoms with Gasteiger partial charge in [0.2, 0.25) is 0 Å². The van der Waals surface area contributed by atoms with Gasteiger partial charge in [0.15, 0.2) is 11.5 Å². The molecule has 0 saturated heterocycles. The summed E-state index contributed by atoms with van der Waals surface area (Å²) in [5, 5.41) is 12.4. The molecule has 1 amide bonds. The molecule has 23 heavy (non-hydrogen) atoms. The second-order valence-electron chi connectivity index (χ2n) is 6.09. The number of amides is 1. The fraction of sp³-hybridized carbons (Fsp3) is 0.278. The monoisotopic (exact) mass is 315 g/mol. The van der Waals surface area contributed by atoms with Crippen LogP contribution in [-0.2, 0) is 4.74 Å². The first-order valence-electron chi connectivity index (χ1n) is 7.26. The normalized spacial score (nSPS) is 11.0. The average molecular weight is 315 g/mol. The summed E-state index contributed by atoms with van der Waals surface area (Å²) in [6.07, 6.45) is -0.502. The first kappa shape index (κ1) is 16.7. The van der Waals surface area contributed by atoms with Crippen LogP contribution in [0, 0.1) is 0 Å². The van der Waals surface area contributed by atoms with Crippen LogP contribution in [0.1, 0.15) is 20.8 Å². The number of anilines is 1. The fourth-order valence-corrected chi connectivity index (χ4v) is 2.06. The third-order valence-electron chi connectivity index (χ3n) is 3.02. The molecule has 0 aromatic heterocycles. The molecule has 122 valence electrons. The predicted octanol–water partition coefficient (Wildman–Crippen LogP) is 4.41. The maximum Gasteiger partial charge on any atom is 0.412 e. The Morgan fingerprint density at radius 1 is 1.09 bits per heavy atom. The Balaban J connectivity index is 2.21. The molecule has 0 fully saturated rings. The minimum Gasteiger partial charge on any atom is -0.504 e. The molecule has 0 radical (unpaired) electrons. The number of carbonyl (C=O) groups is 1.